The van der Waals surface area contributed by atoms with Gasteiger partial charge in [-0.05, 0) is 12.8 Å². The molecule has 74 valence electrons. The molecule has 0 aromatic carbocycles. The maximum atomic E-state index is 12.8. The Bertz CT molecular complexity index is 126. The Labute approximate surface area is 73.3 Å². The van der Waals surface area contributed by atoms with Crippen LogP contribution in [0.1, 0.15) is 40.0 Å². The van der Waals surface area contributed by atoms with E-state index in [1.165, 1.54) is 6.92 Å². The van der Waals surface area contributed by atoms with Crippen molar-refractivity contribution in [3.05, 3.63) is 0 Å². The molecule has 0 saturated heterocycles. The van der Waals surface area contributed by atoms with Crippen molar-refractivity contribution in [3.8, 4) is 0 Å². The fourth-order valence-corrected chi connectivity index (χ4v) is 1.36. The van der Waals surface area contributed by atoms with Crippen LogP contribution in [0.2, 0.25) is 0 Å². The van der Waals surface area contributed by atoms with Gasteiger partial charge in [0.25, 0.3) is 5.92 Å². The van der Waals surface area contributed by atoms with Gasteiger partial charge in [0.1, 0.15) is 0 Å². The second-order valence-corrected chi connectivity index (χ2v) is 3.11. The summed E-state index contributed by atoms with van der Waals surface area (Å²) in [5.74, 6) is -3.15. The quantitative estimate of drug-likeness (QED) is 0.608. The molecule has 1 nitrogen and oxygen atoms in total. The zero-order chi connectivity index (χ0) is 9.78. The average molecular weight is 179 g/mol. The fourth-order valence-electron chi connectivity index (χ4n) is 1.36. The summed E-state index contributed by atoms with van der Waals surface area (Å²) in [7, 11) is 0. The van der Waals surface area contributed by atoms with Crippen LogP contribution in [0, 0.1) is 5.92 Å². The minimum atomic E-state index is -2.52. The topological polar surface area (TPSA) is 26.0 Å². The first-order valence-corrected chi connectivity index (χ1v) is 4.67. The third-order valence-corrected chi connectivity index (χ3v) is 2.36. The van der Waals surface area contributed by atoms with E-state index in [0.29, 0.717) is 6.42 Å². The van der Waals surface area contributed by atoms with E-state index in [0.717, 1.165) is 6.42 Å². The van der Waals surface area contributed by atoms with Gasteiger partial charge < -0.3 is 5.73 Å². The van der Waals surface area contributed by atoms with E-state index < -0.39 is 11.8 Å². The predicted octanol–water partition coefficient (Wildman–Crippen LogP) is 2.80. The highest BCUT2D eigenvalue weighted by atomic mass is 19.3. The molecule has 0 bridgehead atoms. The Balaban J connectivity index is 0.000000561. The highest BCUT2D eigenvalue weighted by Crippen LogP contribution is 2.37. The number of rotatable bonds is 0. The molecule has 2 atom stereocenters. The van der Waals surface area contributed by atoms with Gasteiger partial charge in [-0.25, -0.2) is 8.78 Å². The van der Waals surface area contributed by atoms with Gasteiger partial charge in [0, 0.05) is 18.4 Å². The highest BCUT2D eigenvalue weighted by Gasteiger charge is 2.42. The summed E-state index contributed by atoms with van der Waals surface area (Å²) in [6.45, 7) is 5.53. The molecule has 12 heavy (non-hydrogen) atoms. The predicted molar refractivity (Wildman–Crippen MR) is 47.3 cm³/mol. The van der Waals surface area contributed by atoms with E-state index in [-0.39, 0.29) is 12.5 Å². The van der Waals surface area contributed by atoms with Crippen LogP contribution in [0.3, 0.4) is 0 Å². The molecule has 0 aliphatic heterocycles. The normalized spacial score (nSPS) is 33.5. The molecule has 0 spiro atoms. The van der Waals surface area contributed by atoms with Gasteiger partial charge in [-0.2, -0.15) is 0 Å². The lowest BCUT2D eigenvalue weighted by molar-refractivity contribution is -0.0856. The Hall–Kier alpha value is -0.180. The smallest absolute Gasteiger partial charge is 0.252 e. The van der Waals surface area contributed by atoms with Gasteiger partial charge in [-0.1, -0.05) is 20.8 Å². The highest BCUT2D eigenvalue weighted by molar-refractivity contribution is 4.86. The third-order valence-electron chi connectivity index (χ3n) is 2.36. The summed E-state index contributed by atoms with van der Waals surface area (Å²) in [5.41, 5.74) is 5.47. The Morgan fingerprint density at radius 3 is 2.17 bits per heavy atom. The number of nitrogens with two attached hydrogens (primary N) is 1. The molecule has 0 heterocycles. The van der Waals surface area contributed by atoms with Crippen LogP contribution in [0.15, 0.2) is 0 Å². The molecule has 1 saturated carbocycles. The van der Waals surface area contributed by atoms with Crippen LogP contribution in [0.4, 0.5) is 8.78 Å². The van der Waals surface area contributed by atoms with Crippen molar-refractivity contribution in [2.45, 2.75) is 52.0 Å². The maximum absolute atomic E-state index is 12.8. The van der Waals surface area contributed by atoms with Gasteiger partial charge in [0.05, 0.1) is 0 Å². The Kier molecular flexibility index (Phi) is 4.68. The summed E-state index contributed by atoms with van der Waals surface area (Å²) < 4.78 is 25.5. The van der Waals surface area contributed by atoms with E-state index >= 15 is 0 Å². The summed E-state index contributed by atoms with van der Waals surface area (Å²) in [4.78, 5) is 0. The standard InChI is InChI=1S/C7H13F2N.C2H6/c1-5-6(10)3-2-4-7(5,8)9;1-2/h5-6H,2-4,10H2,1H3;1-2H3. The summed E-state index contributed by atoms with van der Waals surface area (Å²) >= 11 is 0. The number of alkyl halides is 2. The minimum absolute atomic E-state index is 0.0157. The fraction of sp³-hybridized carbons (Fsp3) is 1.00. The largest absolute Gasteiger partial charge is 0.327 e. The summed E-state index contributed by atoms with van der Waals surface area (Å²) in [5, 5.41) is 0. The van der Waals surface area contributed by atoms with Crippen LogP contribution in [-0.4, -0.2) is 12.0 Å². The zero-order valence-electron chi connectivity index (χ0n) is 8.11. The van der Waals surface area contributed by atoms with Crippen molar-refractivity contribution in [1.29, 1.82) is 0 Å². The van der Waals surface area contributed by atoms with Crippen LogP contribution in [-0.2, 0) is 0 Å². The third kappa shape index (κ3) is 2.70. The average Bonchev–Trinajstić information content (AvgIpc) is 2.04. The van der Waals surface area contributed by atoms with Gasteiger partial charge in [0.2, 0.25) is 0 Å². The first kappa shape index (κ1) is 11.8. The number of hydrogen-bond acceptors (Lipinski definition) is 1. The molecule has 1 aliphatic carbocycles. The zero-order valence-corrected chi connectivity index (χ0v) is 8.11. The second-order valence-electron chi connectivity index (χ2n) is 3.11. The lowest BCUT2D eigenvalue weighted by Gasteiger charge is -2.33. The van der Waals surface area contributed by atoms with E-state index in [9.17, 15) is 8.78 Å². The molecule has 2 unspecified atom stereocenters. The summed E-state index contributed by atoms with van der Waals surface area (Å²) in [6, 6.07) is -0.302. The van der Waals surface area contributed by atoms with Crippen LogP contribution >= 0.6 is 0 Å². The SMILES string of the molecule is CC.CC1C(N)CCCC1(F)F. The van der Waals surface area contributed by atoms with E-state index in [1.54, 1.807) is 0 Å². The molecule has 0 aromatic rings. The van der Waals surface area contributed by atoms with Crippen LogP contribution in [0.25, 0.3) is 0 Å². The van der Waals surface area contributed by atoms with E-state index in [2.05, 4.69) is 0 Å². The van der Waals surface area contributed by atoms with Gasteiger partial charge in [-0.15, -0.1) is 0 Å². The van der Waals surface area contributed by atoms with Crippen molar-refractivity contribution in [1.82, 2.24) is 0 Å². The molecular weight excluding hydrogens is 160 g/mol. The van der Waals surface area contributed by atoms with E-state index in [1.807, 2.05) is 13.8 Å². The molecule has 0 aromatic heterocycles. The molecule has 0 radical (unpaired) electrons. The monoisotopic (exact) mass is 179 g/mol. The molecule has 1 fully saturated rings. The maximum Gasteiger partial charge on any atom is 0.252 e. The molecular formula is C9H19F2N. The number of halogens is 2. The van der Waals surface area contributed by atoms with Crippen molar-refractivity contribution in [3.63, 3.8) is 0 Å². The lowest BCUT2D eigenvalue weighted by Crippen LogP contribution is -2.44. The summed E-state index contributed by atoms with van der Waals surface area (Å²) in [6.07, 6.45) is 1.33. The van der Waals surface area contributed by atoms with Crippen LogP contribution in [0.5, 0.6) is 0 Å². The molecule has 1 rings (SSSR count). The van der Waals surface area contributed by atoms with E-state index in [4.69, 9.17) is 5.73 Å². The molecule has 0 amide bonds. The molecule has 1 aliphatic rings. The molecule has 3 heteroatoms. The first-order valence-electron chi connectivity index (χ1n) is 4.67. The van der Waals surface area contributed by atoms with Crippen molar-refractivity contribution >= 4 is 0 Å². The van der Waals surface area contributed by atoms with Crippen molar-refractivity contribution in [2.24, 2.45) is 11.7 Å². The van der Waals surface area contributed by atoms with Crippen molar-refractivity contribution in [2.75, 3.05) is 0 Å². The van der Waals surface area contributed by atoms with Crippen molar-refractivity contribution < 1.29 is 8.78 Å². The van der Waals surface area contributed by atoms with Gasteiger partial charge in [0.15, 0.2) is 0 Å². The number of hydrogen-bond donors (Lipinski definition) is 1. The van der Waals surface area contributed by atoms with Gasteiger partial charge >= 0.3 is 0 Å². The Morgan fingerprint density at radius 1 is 1.33 bits per heavy atom. The second kappa shape index (κ2) is 4.75. The van der Waals surface area contributed by atoms with Crippen LogP contribution < -0.4 is 5.73 Å². The first-order chi connectivity index (χ1) is 5.54. The lowest BCUT2D eigenvalue weighted by atomic mass is 9.83. The minimum Gasteiger partial charge on any atom is -0.327 e. The van der Waals surface area contributed by atoms with Gasteiger partial charge in [-0.3, -0.25) is 0 Å². The molecule has 2 N–H and O–H groups in total. The Morgan fingerprint density at radius 2 is 1.83 bits per heavy atom.